The maximum Gasteiger partial charge on any atom is 0.250 e. The molecule has 5 rings (SSSR count). The fourth-order valence-corrected chi connectivity index (χ4v) is 5.76. The van der Waals surface area contributed by atoms with E-state index in [1.54, 1.807) is 24.8 Å². The van der Waals surface area contributed by atoms with Crippen molar-refractivity contribution in [3.05, 3.63) is 102 Å². The molecule has 0 saturated carbocycles. The van der Waals surface area contributed by atoms with Crippen LogP contribution < -0.4 is 16.4 Å². The summed E-state index contributed by atoms with van der Waals surface area (Å²) in [6.45, 7) is 5.43. The third kappa shape index (κ3) is 7.52. The highest BCUT2D eigenvalue weighted by Crippen LogP contribution is 2.31. The summed E-state index contributed by atoms with van der Waals surface area (Å²) >= 11 is 0. The smallest absolute Gasteiger partial charge is 0.250 e. The van der Waals surface area contributed by atoms with Crippen LogP contribution in [0.4, 0.5) is 5.69 Å². The number of carbonyl (C=O) groups excluding carboxylic acids is 4. The van der Waals surface area contributed by atoms with Crippen LogP contribution in [0, 0.1) is 0 Å². The zero-order chi connectivity index (χ0) is 32.8. The van der Waals surface area contributed by atoms with Gasteiger partial charge in [-0.25, -0.2) is 0 Å². The van der Waals surface area contributed by atoms with Crippen LogP contribution in [0.1, 0.15) is 50.8 Å². The Labute approximate surface area is 268 Å². The number of ether oxygens (including phenoxy) is 1. The first-order valence-corrected chi connectivity index (χ1v) is 15.5. The molecule has 1 aliphatic rings. The van der Waals surface area contributed by atoms with Gasteiger partial charge in [-0.05, 0) is 69.0 Å². The number of aromatic nitrogens is 1. The van der Waals surface area contributed by atoms with Crippen LogP contribution in [-0.4, -0.2) is 63.7 Å². The average Bonchev–Trinajstić information content (AvgIpc) is 3.69. The molecule has 4 aromatic rings. The van der Waals surface area contributed by atoms with Gasteiger partial charge in [0.15, 0.2) is 5.78 Å². The van der Waals surface area contributed by atoms with E-state index in [9.17, 15) is 19.2 Å². The molecule has 0 spiro atoms. The molecule has 3 aromatic carbocycles. The molecule has 1 aromatic heterocycles. The predicted octanol–water partition coefficient (Wildman–Crippen LogP) is 4.19. The lowest BCUT2D eigenvalue weighted by Gasteiger charge is -2.29. The number of amides is 3. The fraction of sp³-hybridized carbons (Fsp3) is 0.333. The van der Waals surface area contributed by atoms with Gasteiger partial charge < -0.3 is 30.6 Å². The van der Waals surface area contributed by atoms with E-state index >= 15 is 0 Å². The van der Waals surface area contributed by atoms with Crippen molar-refractivity contribution >= 4 is 40.1 Å². The third-order valence-corrected chi connectivity index (χ3v) is 8.22. The van der Waals surface area contributed by atoms with Gasteiger partial charge >= 0.3 is 0 Å². The van der Waals surface area contributed by atoms with Crippen molar-refractivity contribution in [3.63, 3.8) is 0 Å². The van der Waals surface area contributed by atoms with Gasteiger partial charge in [0.25, 0.3) is 5.91 Å². The maximum absolute atomic E-state index is 14.1. The van der Waals surface area contributed by atoms with Crippen LogP contribution in [0.2, 0.25) is 0 Å². The van der Waals surface area contributed by atoms with Gasteiger partial charge in [0.1, 0.15) is 12.1 Å². The number of nitrogens with two attached hydrogens (primary N) is 1. The van der Waals surface area contributed by atoms with Gasteiger partial charge in [0.2, 0.25) is 11.8 Å². The molecule has 2 heterocycles. The fourth-order valence-electron chi connectivity index (χ4n) is 5.76. The number of anilines is 1. The number of nitrogens with zero attached hydrogens (tertiary/aromatic N) is 2. The molecule has 1 saturated heterocycles. The van der Waals surface area contributed by atoms with Gasteiger partial charge in [0.05, 0.1) is 24.8 Å². The summed E-state index contributed by atoms with van der Waals surface area (Å²) in [5, 5.41) is 6.42. The minimum absolute atomic E-state index is 0.00889. The van der Waals surface area contributed by atoms with Crippen molar-refractivity contribution < 1.29 is 23.9 Å². The number of fused-ring (bicyclic) bond motifs is 1. The molecule has 1 fully saturated rings. The molecule has 10 heteroatoms. The second-order valence-electron chi connectivity index (χ2n) is 12.3. The average molecular weight is 624 g/mol. The van der Waals surface area contributed by atoms with Gasteiger partial charge in [0, 0.05) is 29.3 Å². The Balaban J connectivity index is 1.37. The summed E-state index contributed by atoms with van der Waals surface area (Å²) in [7, 11) is 0. The minimum Gasteiger partial charge on any atom is -0.374 e. The molecule has 4 N–H and O–H groups in total. The van der Waals surface area contributed by atoms with Gasteiger partial charge in [-0.1, -0.05) is 60.7 Å². The van der Waals surface area contributed by atoms with E-state index in [1.165, 1.54) is 6.92 Å². The van der Waals surface area contributed by atoms with Crippen LogP contribution >= 0.6 is 0 Å². The number of hydrogen-bond donors (Lipinski definition) is 3. The highest BCUT2D eigenvalue weighted by molar-refractivity contribution is 6.00. The number of benzene rings is 3. The molecule has 10 nitrogen and oxygen atoms in total. The van der Waals surface area contributed by atoms with Crippen LogP contribution in [0.25, 0.3) is 10.9 Å². The molecule has 3 atom stereocenters. The Hall–Kier alpha value is -4.80. The van der Waals surface area contributed by atoms with Gasteiger partial charge in [-0.2, -0.15) is 0 Å². The van der Waals surface area contributed by atoms with Crippen LogP contribution in [-0.2, 0) is 30.5 Å². The monoisotopic (exact) mass is 623 g/mol. The first-order chi connectivity index (χ1) is 22.0. The second-order valence-corrected chi connectivity index (χ2v) is 12.3. The number of nitrogens with one attached hydrogen (secondary N) is 2. The quantitative estimate of drug-likeness (QED) is 0.217. The van der Waals surface area contributed by atoms with Crippen molar-refractivity contribution in [2.45, 2.75) is 63.9 Å². The van der Waals surface area contributed by atoms with Crippen molar-refractivity contribution in [3.8, 4) is 0 Å². The van der Waals surface area contributed by atoms with Crippen molar-refractivity contribution in [1.82, 2.24) is 14.8 Å². The third-order valence-electron chi connectivity index (χ3n) is 8.22. The van der Waals surface area contributed by atoms with Gasteiger partial charge in [-0.15, -0.1) is 0 Å². The lowest BCUT2D eigenvalue weighted by molar-refractivity contribution is -0.138. The Morgan fingerprint density at radius 1 is 0.978 bits per heavy atom. The van der Waals surface area contributed by atoms with E-state index in [0.29, 0.717) is 18.7 Å². The Morgan fingerprint density at radius 3 is 2.35 bits per heavy atom. The lowest BCUT2D eigenvalue weighted by atomic mass is 10.0. The van der Waals surface area contributed by atoms with E-state index in [2.05, 4.69) is 10.6 Å². The standard InChI is InChI=1S/C36H41N5O5/c1-24(42)30-15-10-19-41(30)34(44)32(26-13-8-5-9-14-26)40-20-18-27-21-28(16-17-31(27)40)38-33(43)29(39-35(45)36(2,3)37)23-46-22-25-11-6-4-7-12-25/h4-9,11-14,16-18,20-21,29-30,32H,10,15,19,22-23,37H2,1-3H3,(H,38,43)(H,39,45)/t29-,30+,32?/m1/s1. The SMILES string of the molecule is CC(=O)[C@@H]1CCCN1C(=O)C(c1ccccc1)n1ccc2cc(NC(=O)[C@@H](COCc3ccccc3)NC(=O)C(C)(C)N)ccc21. The molecular formula is C36H41N5O5. The summed E-state index contributed by atoms with van der Waals surface area (Å²) in [6, 6.07) is 24.3. The molecule has 0 aliphatic carbocycles. The molecule has 3 amide bonds. The summed E-state index contributed by atoms with van der Waals surface area (Å²) < 4.78 is 7.72. The van der Waals surface area contributed by atoms with Crippen LogP contribution in [0.5, 0.6) is 0 Å². The molecule has 0 radical (unpaired) electrons. The summed E-state index contributed by atoms with van der Waals surface area (Å²) in [4.78, 5) is 54.3. The summed E-state index contributed by atoms with van der Waals surface area (Å²) in [6.07, 6.45) is 3.31. The Morgan fingerprint density at radius 2 is 1.67 bits per heavy atom. The Kier molecular flexibility index (Phi) is 9.99. The van der Waals surface area contributed by atoms with Crippen LogP contribution in [0.3, 0.4) is 0 Å². The van der Waals surface area contributed by atoms with E-state index in [1.807, 2.05) is 89.6 Å². The number of carbonyl (C=O) groups is 4. The first-order valence-electron chi connectivity index (χ1n) is 15.5. The van der Waals surface area contributed by atoms with E-state index < -0.39 is 35.5 Å². The molecule has 240 valence electrons. The van der Waals surface area contributed by atoms with Crippen LogP contribution in [0.15, 0.2) is 91.1 Å². The largest absolute Gasteiger partial charge is 0.374 e. The maximum atomic E-state index is 14.1. The van der Waals surface area contributed by atoms with E-state index in [-0.39, 0.29) is 24.9 Å². The zero-order valence-electron chi connectivity index (χ0n) is 26.4. The highest BCUT2D eigenvalue weighted by atomic mass is 16.5. The number of ketones is 1. The first kappa shape index (κ1) is 32.6. The van der Waals surface area contributed by atoms with E-state index in [4.69, 9.17) is 10.5 Å². The Bertz CT molecular complexity index is 1700. The molecule has 46 heavy (non-hydrogen) atoms. The lowest BCUT2D eigenvalue weighted by Crippen LogP contribution is -2.56. The van der Waals surface area contributed by atoms with E-state index in [0.717, 1.165) is 28.5 Å². The number of hydrogen-bond acceptors (Lipinski definition) is 6. The number of Topliss-reactive ketones (excluding diaryl/α,β-unsaturated/α-hetero) is 1. The second kappa shape index (κ2) is 14.1. The minimum atomic E-state index is -1.19. The number of likely N-dealkylation sites (tertiary alicyclic amines) is 1. The zero-order valence-corrected chi connectivity index (χ0v) is 26.4. The number of rotatable bonds is 12. The predicted molar refractivity (Wildman–Crippen MR) is 177 cm³/mol. The highest BCUT2D eigenvalue weighted by Gasteiger charge is 2.37. The normalized spacial score (nSPS) is 16.2. The van der Waals surface area contributed by atoms with Crippen molar-refractivity contribution in [1.29, 1.82) is 0 Å². The van der Waals surface area contributed by atoms with Crippen molar-refractivity contribution in [2.24, 2.45) is 5.73 Å². The molecule has 1 aliphatic heterocycles. The summed E-state index contributed by atoms with van der Waals surface area (Å²) in [5.41, 5.74) is 7.86. The molecular weight excluding hydrogens is 582 g/mol. The van der Waals surface area contributed by atoms with Gasteiger partial charge in [-0.3, -0.25) is 19.2 Å². The van der Waals surface area contributed by atoms with Crippen molar-refractivity contribution in [2.75, 3.05) is 18.5 Å². The molecule has 0 bridgehead atoms. The summed E-state index contributed by atoms with van der Waals surface area (Å²) in [5.74, 6) is -1.07. The molecule has 1 unspecified atom stereocenters. The topological polar surface area (TPSA) is 136 Å².